The van der Waals surface area contributed by atoms with E-state index in [1.54, 1.807) is 0 Å². The van der Waals surface area contributed by atoms with E-state index in [0.717, 1.165) is 25.9 Å². The fraction of sp³-hybridized carbons (Fsp3) is 0.562. The third-order valence-corrected chi connectivity index (χ3v) is 3.60. The van der Waals surface area contributed by atoms with E-state index in [9.17, 15) is 0 Å². The SMILES string of the molecule is CCCN(CCC)C(C(N)=S)c1ccc(N(C)C)cc1. The van der Waals surface area contributed by atoms with Gasteiger partial charge in [-0.1, -0.05) is 38.2 Å². The second-order valence-corrected chi connectivity index (χ2v) is 5.80. The van der Waals surface area contributed by atoms with E-state index >= 15 is 0 Å². The fourth-order valence-electron chi connectivity index (χ4n) is 2.45. The normalized spacial score (nSPS) is 12.4. The Morgan fingerprint density at radius 3 is 1.95 bits per heavy atom. The highest BCUT2D eigenvalue weighted by atomic mass is 32.1. The molecule has 1 atom stereocenters. The molecule has 0 fully saturated rings. The molecule has 0 heterocycles. The zero-order valence-corrected chi connectivity index (χ0v) is 13.9. The summed E-state index contributed by atoms with van der Waals surface area (Å²) in [6.45, 7) is 6.42. The third kappa shape index (κ3) is 4.46. The van der Waals surface area contributed by atoms with Gasteiger partial charge in [-0.05, 0) is 43.6 Å². The Hall–Kier alpha value is -1.13. The molecule has 0 saturated heterocycles. The largest absolute Gasteiger partial charge is 0.392 e. The molecule has 1 rings (SSSR count). The van der Waals surface area contributed by atoms with Gasteiger partial charge >= 0.3 is 0 Å². The number of hydrogen-bond donors (Lipinski definition) is 1. The topological polar surface area (TPSA) is 32.5 Å². The highest BCUT2D eigenvalue weighted by Gasteiger charge is 2.21. The molecule has 0 spiro atoms. The highest BCUT2D eigenvalue weighted by molar-refractivity contribution is 7.80. The van der Waals surface area contributed by atoms with Crippen LogP contribution >= 0.6 is 12.2 Å². The number of anilines is 1. The summed E-state index contributed by atoms with van der Waals surface area (Å²) in [5.41, 5.74) is 8.38. The summed E-state index contributed by atoms with van der Waals surface area (Å²) < 4.78 is 0. The first kappa shape index (κ1) is 16.9. The molecule has 1 aromatic carbocycles. The molecule has 0 saturated carbocycles. The Balaban J connectivity index is 3.02. The predicted octanol–water partition coefficient (Wildman–Crippen LogP) is 3.20. The highest BCUT2D eigenvalue weighted by Crippen LogP contribution is 2.24. The molecule has 0 aliphatic rings. The van der Waals surface area contributed by atoms with Gasteiger partial charge in [-0.2, -0.15) is 0 Å². The van der Waals surface area contributed by atoms with Crippen molar-refractivity contribution in [1.82, 2.24) is 4.90 Å². The summed E-state index contributed by atoms with van der Waals surface area (Å²) in [5.74, 6) is 0. The molecule has 0 aliphatic heterocycles. The van der Waals surface area contributed by atoms with Gasteiger partial charge in [0.2, 0.25) is 0 Å². The number of nitrogens with two attached hydrogens (primary N) is 1. The molecule has 4 heteroatoms. The summed E-state index contributed by atoms with van der Waals surface area (Å²) in [4.78, 5) is 5.03. The average Bonchev–Trinajstić information content (AvgIpc) is 2.39. The number of nitrogens with zero attached hydrogens (tertiary/aromatic N) is 2. The van der Waals surface area contributed by atoms with Gasteiger partial charge in [0.25, 0.3) is 0 Å². The van der Waals surface area contributed by atoms with Crippen LogP contribution in [0.2, 0.25) is 0 Å². The molecule has 0 aromatic heterocycles. The minimum Gasteiger partial charge on any atom is -0.392 e. The minimum absolute atomic E-state index is 0.0427. The van der Waals surface area contributed by atoms with Crippen LogP contribution in [0.3, 0.4) is 0 Å². The number of hydrogen-bond acceptors (Lipinski definition) is 3. The van der Waals surface area contributed by atoms with Crippen LogP contribution in [0.25, 0.3) is 0 Å². The van der Waals surface area contributed by atoms with Crippen molar-refractivity contribution in [1.29, 1.82) is 0 Å². The summed E-state index contributed by atoms with van der Waals surface area (Å²) in [5, 5.41) is 0. The third-order valence-electron chi connectivity index (χ3n) is 3.38. The molecule has 1 aromatic rings. The van der Waals surface area contributed by atoms with Crippen LogP contribution in [-0.2, 0) is 0 Å². The lowest BCUT2D eigenvalue weighted by Crippen LogP contribution is -2.38. The number of benzene rings is 1. The Morgan fingerprint density at radius 2 is 1.60 bits per heavy atom. The predicted molar refractivity (Wildman–Crippen MR) is 92.5 cm³/mol. The molecular weight excluding hydrogens is 266 g/mol. The van der Waals surface area contributed by atoms with Crippen LogP contribution in [0.15, 0.2) is 24.3 Å². The zero-order valence-electron chi connectivity index (χ0n) is 13.1. The van der Waals surface area contributed by atoms with E-state index < -0.39 is 0 Å². The summed E-state index contributed by atoms with van der Waals surface area (Å²) >= 11 is 5.31. The molecule has 0 aliphatic carbocycles. The summed E-state index contributed by atoms with van der Waals surface area (Å²) in [6.07, 6.45) is 2.21. The van der Waals surface area contributed by atoms with E-state index in [0.29, 0.717) is 4.99 Å². The maximum atomic E-state index is 6.01. The molecule has 2 N–H and O–H groups in total. The van der Waals surface area contributed by atoms with E-state index in [2.05, 4.69) is 47.9 Å². The average molecular weight is 293 g/mol. The van der Waals surface area contributed by atoms with Crippen LogP contribution in [-0.4, -0.2) is 37.1 Å². The molecule has 20 heavy (non-hydrogen) atoms. The van der Waals surface area contributed by atoms with Crippen molar-refractivity contribution in [3.05, 3.63) is 29.8 Å². The van der Waals surface area contributed by atoms with E-state index in [-0.39, 0.29) is 6.04 Å². The fourth-order valence-corrected chi connectivity index (χ4v) is 2.74. The van der Waals surface area contributed by atoms with Crippen LogP contribution in [0.5, 0.6) is 0 Å². The van der Waals surface area contributed by atoms with Gasteiger partial charge in [-0.25, -0.2) is 0 Å². The van der Waals surface area contributed by atoms with Crippen molar-refractivity contribution in [3.63, 3.8) is 0 Å². The first-order valence-electron chi connectivity index (χ1n) is 7.31. The van der Waals surface area contributed by atoms with E-state index in [1.807, 2.05) is 14.1 Å². The van der Waals surface area contributed by atoms with Crippen molar-refractivity contribution < 1.29 is 0 Å². The first-order chi connectivity index (χ1) is 9.51. The monoisotopic (exact) mass is 293 g/mol. The maximum Gasteiger partial charge on any atom is 0.0948 e. The van der Waals surface area contributed by atoms with Crippen LogP contribution in [0.1, 0.15) is 38.3 Å². The maximum absolute atomic E-state index is 6.01. The second kappa shape index (κ2) is 8.22. The van der Waals surface area contributed by atoms with Gasteiger partial charge in [0.05, 0.1) is 11.0 Å². The van der Waals surface area contributed by atoms with Crippen molar-refractivity contribution in [3.8, 4) is 0 Å². The van der Waals surface area contributed by atoms with E-state index in [1.165, 1.54) is 11.3 Å². The van der Waals surface area contributed by atoms with Gasteiger partial charge < -0.3 is 10.6 Å². The van der Waals surface area contributed by atoms with E-state index in [4.69, 9.17) is 18.0 Å². The van der Waals surface area contributed by atoms with Crippen molar-refractivity contribution in [2.75, 3.05) is 32.1 Å². The van der Waals surface area contributed by atoms with Crippen molar-refractivity contribution in [2.24, 2.45) is 5.73 Å². The smallest absolute Gasteiger partial charge is 0.0948 e. The van der Waals surface area contributed by atoms with Crippen LogP contribution in [0, 0.1) is 0 Å². The van der Waals surface area contributed by atoms with Crippen molar-refractivity contribution in [2.45, 2.75) is 32.7 Å². The standard InChI is InChI=1S/C16H27N3S/c1-5-11-19(12-6-2)15(16(17)20)13-7-9-14(10-8-13)18(3)4/h7-10,15H,5-6,11-12H2,1-4H3,(H2,17,20). The van der Waals surface area contributed by atoms with Crippen LogP contribution in [0.4, 0.5) is 5.69 Å². The summed E-state index contributed by atoms with van der Waals surface area (Å²) in [6, 6.07) is 8.56. The van der Waals surface area contributed by atoms with Gasteiger partial charge in [0, 0.05) is 19.8 Å². The lowest BCUT2D eigenvalue weighted by molar-refractivity contribution is 0.245. The lowest BCUT2D eigenvalue weighted by atomic mass is 10.0. The molecule has 3 nitrogen and oxygen atoms in total. The quantitative estimate of drug-likeness (QED) is 0.746. The molecule has 112 valence electrons. The molecule has 0 radical (unpaired) electrons. The Kier molecular flexibility index (Phi) is 6.96. The molecular formula is C16H27N3S. The van der Waals surface area contributed by atoms with Crippen molar-refractivity contribution >= 4 is 22.9 Å². The molecule has 1 unspecified atom stereocenters. The van der Waals surface area contributed by atoms with Gasteiger partial charge in [-0.15, -0.1) is 0 Å². The second-order valence-electron chi connectivity index (χ2n) is 5.33. The minimum atomic E-state index is 0.0427. The lowest BCUT2D eigenvalue weighted by Gasteiger charge is -2.31. The molecule has 0 amide bonds. The van der Waals surface area contributed by atoms with Gasteiger partial charge in [0.15, 0.2) is 0 Å². The van der Waals surface area contributed by atoms with Gasteiger partial charge in [-0.3, -0.25) is 4.90 Å². The number of rotatable bonds is 8. The van der Waals surface area contributed by atoms with Gasteiger partial charge in [0.1, 0.15) is 0 Å². The Morgan fingerprint density at radius 1 is 1.10 bits per heavy atom. The number of thiocarbonyl (C=S) groups is 1. The first-order valence-corrected chi connectivity index (χ1v) is 7.72. The Bertz CT molecular complexity index is 408. The van der Waals surface area contributed by atoms with Crippen LogP contribution < -0.4 is 10.6 Å². The molecule has 0 bridgehead atoms. The zero-order chi connectivity index (χ0) is 15.1. The Labute approximate surface area is 128 Å². The summed E-state index contributed by atoms with van der Waals surface area (Å²) in [7, 11) is 4.08.